The molecule has 0 amide bonds. The second-order valence-corrected chi connectivity index (χ2v) is 6.51. The van der Waals surface area contributed by atoms with Crippen molar-refractivity contribution in [1.29, 1.82) is 0 Å². The number of ether oxygens (including phenoxy) is 1. The van der Waals surface area contributed by atoms with Crippen LogP contribution in [0, 0.1) is 25.5 Å². The summed E-state index contributed by atoms with van der Waals surface area (Å²) in [4.78, 5) is 0. The van der Waals surface area contributed by atoms with E-state index in [1.54, 1.807) is 7.11 Å². The quantitative estimate of drug-likeness (QED) is 0.676. The van der Waals surface area contributed by atoms with Gasteiger partial charge >= 0.3 is 0 Å². The maximum atomic E-state index is 14.1. The Morgan fingerprint density at radius 2 is 1.81 bits per heavy atom. The lowest BCUT2D eigenvalue weighted by Crippen LogP contribution is -2.14. The molecule has 0 saturated carbocycles. The van der Waals surface area contributed by atoms with Crippen LogP contribution in [0.1, 0.15) is 28.1 Å². The van der Waals surface area contributed by atoms with E-state index in [1.807, 2.05) is 26.0 Å². The van der Waals surface area contributed by atoms with Crippen LogP contribution in [-0.2, 0) is 24.4 Å². The number of nitrogens with zero attached hydrogens (tertiary/aromatic N) is 2. The lowest BCUT2D eigenvalue weighted by atomic mass is 10.1. The first-order valence-electron chi connectivity index (χ1n) is 8.77. The van der Waals surface area contributed by atoms with E-state index in [9.17, 15) is 8.78 Å². The van der Waals surface area contributed by atoms with Crippen LogP contribution in [-0.4, -0.2) is 16.9 Å². The summed E-state index contributed by atoms with van der Waals surface area (Å²) in [6.45, 7) is 5.67. The van der Waals surface area contributed by atoms with Gasteiger partial charge in [0.25, 0.3) is 0 Å². The van der Waals surface area contributed by atoms with Gasteiger partial charge in [0, 0.05) is 37.5 Å². The number of rotatable bonds is 7. The first-order chi connectivity index (χ1) is 13.0. The largest absolute Gasteiger partial charge is 0.380 e. The fraction of sp³-hybridized carbons (Fsp3) is 0.286. The zero-order valence-corrected chi connectivity index (χ0v) is 15.7. The molecule has 0 aliphatic carbocycles. The molecule has 3 aromatic rings. The average molecular weight is 371 g/mol. The molecular formula is C21H23F2N3O. The van der Waals surface area contributed by atoms with Gasteiger partial charge in [0.05, 0.1) is 12.3 Å². The fourth-order valence-corrected chi connectivity index (χ4v) is 3.15. The molecule has 0 saturated heterocycles. The Bertz CT molecular complexity index is 937. The van der Waals surface area contributed by atoms with Crippen LogP contribution < -0.4 is 5.32 Å². The molecule has 1 N–H and O–H groups in total. The van der Waals surface area contributed by atoms with Crippen molar-refractivity contribution >= 4 is 0 Å². The summed E-state index contributed by atoms with van der Waals surface area (Å²) in [5, 5.41) is 7.84. The lowest BCUT2D eigenvalue weighted by molar-refractivity contribution is 0.185. The highest BCUT2D eigenvalue weighted by Crippen LogP contribution is 2.21. The van der Waals surface area contributed by atoms with Gasteiger partial charge in [0.15, 0.2) is 5.82 Å². The van der Waals surface area contributed by atoms with Crippen LogP contribution in [0.15, 0.2) is 42.5 Å². The van der Waals surface area contributed by atoms with Crippen molar-refractivity contribution in [2.75, 3.05) is 7.11 Å². The van der Waals surface area contributed by atoms with Crippen LogP contribution in [0.5, 0.6) is 0 Å². The Hall–Kier alpha value is -2.57. The predicted octanol–water partition coefficient (Wildman–Crippen LogP) is 4.20. The Labute approximate surface area is 157 Å². The number of methoxy groups -OCH3 is 1. The van der Waals surface area contributed by atoms with Crippen LogP contribution in [0.25, 0.3) is 5.69 Å². The van der Waals surface area contributed by atoms with Gasteiger partial charge in [0.2, 0.25) is 0 Å². The zero-order chi connectivity index (χ0) is 19.4. The highest BCUT2D eigenvalue weighted by atomic mass is 19.1. The van der Waals surface area contributed by atoms with E-state index in [-0.39, 0.29) is 5.69 Å². The van der Waals surface area contributed by atoms with Crippen LogP contribution in [0.2, 0.25) is 0 Å². The van der Waals surface area contributed by atoms with E-state index in [4.69, 9.17) is 4.74 Å². The third-order valence-corrected chi connectivity index (χ3v) is 4.51. The topological polar surface area (TPSA) is 39.1 Å². The van der Waals surface area contributed by atoms with Gasteiger partial charge in [0.1, 0.15) is 11.5 Å². The Morgan fingerprint density at radius 3 is 2.56 bits per heavy atom. The minimum absolute atomic E-state index is 0.246. The van der Waals surface area contributed by atoms with Crippen molar-refractivity contribution in [1.82, 2.24) is 15.1 Å². The van der Waals surface area contributed by atoms with Gasteiger partial charge in [-0.1, -0.05) is 24.3 Å². The standard InChI is InChI=1S/C21H23F2N3O/c1-14-19(12-24-11-16-5-4-6-17(9-16)13-27-3)15(2)26(25-14)21-8-7-18(22)10-20(21)23/h4-10,24H,11-13H2,1-3H3. The van der Waals surface area contributed by atoms with Crippen molar-refractivity contribution in [2.24, 2.45) is 0 Å². The number of hydrogen-bond donors (Lipinski definition) is 1. The predicted molar refractivity (Wildman–Crippen MR) is 101 cm³/mol. The van der Waals surface area contributed by atoms with E-state index in [0.29, 0.717) is 19.7 Å². The summed E-state index contributed by atoms with van der Waals surface area (Å²) in [5.74, 6) is -1.23. The first-order valence-corrected chi connectivity index (χ1v) is 8.77. The highest BCUT2D eigenvalue weighted by Gasteiger charge is 2.15. The molecule has 0 aliphatic rings. The summed E-state index contributed by atoms with van der Waals surface area (Å²) in [6, 6.07) is 11.7. The second-order valence-electron chi connectivity index (χ2n) is 6.51. The van der Waals surface area contributed by atoms with E-state index < -0.39 is 11.6 Å². The minimum atomic E-state index is -0.630. The van der Waals surface area contributed by atoms with Crippen molar-refractivity contribution in [2.45, 2.75) is 33.5 Å². The number of aryl methyl sites for hydroxylation is 1. The second kappa shape index (κ2) is 8.41. The minimum Gasteiger partial charge on any atom is -0.380 e. The highest BCUT2D eigenvalue weighted by molar-refractivity contribution is 5.38. The molecule has 0 radical (unpaired) electrons. The van der Waals surface area contributed by atoms with Gasteiger partial charge in [-0.15, -0.1) is 0 Å². The number of nitrogens with one attached hydrogen (secondary N) is 1. The molecule has 142 valence electrons. The van der Waals surface area contributed by atoms with E-state index >= 15 is 0 Å². The molecule has 2 aromatic carbocycles. The van der Waals surface area contributed by atoms with E-state index in [2.05, 4.69) is 22.5 Å². The molecule has 3 rings (SSSR count). The van der Waals surface area contributed by atoms with Crippen molar-refractivity contribution in [3.63, 3.8) is 0 Å². The number of aromatic nitrogens is 2. The van der Waals surface area contributed by atoms with E-state index in [0.717, 1.165) is 34.1 Å². The molecule has 0 fully saturated rings. The monoisotopic (exact) mass is 371 g/mol. The van der Waals surface area contributed by atoms with E-state index in [1.165, 1.54) is 16.8 Å². The molecule has 1 aromatic heterocycles. The van der Waals surface area contributed by atoms with Crippen molar-refractivity contribution in [3.05, 3.63) is 82.2 Å². The van der Waals surface area contributed by atoms with Gasteiger partial charge in [-0.2, -0.15) is 5.10 Å². The SMILES string of the molecule is COCc1cccc(CNCc2c(C)nn(-c3ccc(F)cc3F)c2C)c1. The summed E-state index contributed by atoms with van der Waals surface area (Å²) >= 11 is 0. The van der Waals surface area contributed by atoms with Crippen LogP contribution in [0.3, 0.4) is 0 Å². The van der Waals surface area contributed by atoms with Crippen molar-refractivity contribution < 1.29 is 13.5 Å². The number of halogens is 2. The normalized spacial score (nSPS) is 11.1. The number of hydrogen-bond acceptors (Lipinski definition) is 3. The first kappa shape index (κ1) is 19.2. The van der Waals surface area contributed by atoms with Gasteiger partial charge in [-0.05, 0) is 37.1 Å². The molecule has 6 heteroatoms. The van der Waals surface area contributed by atoms with Gasteiger partial charge in [-0.25, -0.2) is 13.5 Å². The summed E-state index contributed by atoms with van der Waals surface area (Å²) in [6.07, 6.45) is 0. The summed E-state index contributed by atoms with van der Waals surface area (Å²) < 4.78 is 34.0. The third kappa shape index (κ3) is 4.40. The number of benzene rings is 2. The molecule has 0 atom stereocenters. The van der Waals surface area contributed by atoms with Crippen LogP contribution >= 0.6 is 0 Å². The molecule has 0 bridgehead atoms. The molecule has 1 heterocycles. The third-order valence-electron chi connectivity index (χ3n) is 4.51. The Balaban J connectivity index is 1.73. The lowest BCUT2D eigenvalue weighted by Gasteiger charge is -2.09. The van der Waals surface area contributed by atoms with Gasteiger partial charge < -0.3 is 10.1 Å². The summed E-state index contributed by atoms with van der Waals surface area (Å²) in [5.41, 5.74) is 5.19. The molecule has 0 aliphatic heterocycles. The van der Waals surface area contributed by atoms with Crippen molar-refractivity contribution in [3.8, 4) is 5.69 Å². The van der Waals surface area contributed by atoms with Crippen LogP contribution in [0.4, 0.5) is 8.78 Å². The smallest absolute Gasteiger partial charge is 0.151 e. The fourth-order valence-electron chi connectivity index (χ4n) is 3.15. The summed E-state index contributed by atoms with van der Waals surface area (Å²) in [7, 11) is 1.68. The molecule has 0 spiro atoms. The molecule has 4 nitrogen and oxygen atoms in total. The molecular weight excluding hydrogens is 348 g/mol. The maximum absolute atomic E-state index is 14.1. The van der Waals surface area contributed by atoms with Gasteiger partial charge in [-0.3, -0.25) is 0 Å². The zero-order valence-electron chi connectivity index (χ0n) is 15.7. The Kier molecular flexibility index (Phi) is 5.98. The maximum Gasteiger partial charge on any atom is 0.151 e. The molecule has 0 unspecified atom stereocenters. The Morgan fingerprint density at radius 1 is 1.04 bits per heavy atom. The molecule has 27 heavy (non-hydrogen) atoms. The average Bonchev–Trinajstić information content (AvgIpc) is 2.90.